The highest BCUT2D eigenvalue weighted by Gasteiger charge is 2.14. The Bertz CT molecular complexity index is 617. The first-order valence-electron chi connectivity index (χ1n) is 6.02. The summed E-state index contributed by atoms with van der Waals surface area (Å²) in [5, 5.41) is 7.16. The molecule has 0 unspecified atom stereocenters. The van der Waals surface area contributed by atoms with Crippen molar-refractivity contribution in [1.82, 2.24) is 9.78 Å². The third kappa shape index (κ3) is 2.82. The number of aryl methyl sites for hydroxylation is 2. The molecule has 0 radical (unpaired) electrons. The molecule has 0 fully saturated rings. The van der Waals surface area contributed by atoms with E-state index in [9.17, 15) is 13.2 Å². The molecule has 2 rings (SSSR count). The lowest BCUT2D eigenvalue weighted by Crippen LogP contribution is -2.07. The Balaban J connectivity index is 2.19. The molecule has 108 valence electrons. The molecule has 0 saturated heterocycles. The molecule has 0 amide bonds. The van der Waals surface area contributed by atoms with Crippen molar-refractivity contribution in [3.63, 3.8) is 0 Å². The molecule has 2 aromatic rings. The lowest BCUT2D eigenvalue weighted by molar-refractivity contribution is 0.447. The van der Waals surface area contributed by atoms with Gasteiger partial charge in [0, 0.05) is 24.9 Å². The Morgan fingerprint density at radius 3 is 2.35 bits per heavy atom. The number of nitrogens with zero attached hydrogens (tertiary/aromatic N) is 2. The largest absolute Gasteiger partial charge is 0.379 e. The van der Waals surface area contributed by atoms with Gasteiger partial charge in [0.05, 0.1) is 22.4 Å². The molecule has 1 heterocycles. The predicted molar refractivity (Wildman–Crippen MR) is 73.9 cm³/mol. The van der Waals surface area contributed by atoms with Crippen LogP contribution in [-0.2, 0) is 20.0 Å². The van der Waals surface area contributed by atoms with Gasteiger partial charge in [0.2, 0.25) is 0 Å². The number of aromatic nitrogens is 2. The molecule has 7 heteroatoms. The fourth-order valence-electron chi connectivity index (χ4n) is 1.86. The summed E-state index contributed by atoms with van der Waals surface area (Å²) in [6, 6.07) is 1.84. The quantitative estimate of drug-likeness (QED) is 0.853. The first kappa shape index (κ1) is 14.9. The number of benzene rings is 1. The summed E-state index contributed by atoms with van der Waals surface area (Å²) in [5.41, 5.74) is 1.92. The maximum Gasteiger partial charge on any atom is 0.194 e. The van der Waals surface area contributed by atoms with Crippen LogP contribution < -0.4 is 5.32 Å². The summed E-state index contributed by atoms with van der Waals surface area (Å²) in [7, 11) is 1.78. The van der Waals surface area contributed by atoms with Gasteiger partial charge in [-0.3, -0.25) is 4.68 Å². The van der Waals surface area contributed by atoms with E-state index in [2.05, 4.69) is 26.3 Å². The number of hydrogen-bond donors (Lipinski definition) is 1. The second kappa shape index (κ2) is 5.87. The van der Waals surface area contributed by atoms with E-state index >= 15 is 0 Å². The molecule has 1 N–H and O–H groups in total. The maximum absolute atomic E-state index is 13.1. The Hall–Kier alpha value is -1.50. The van der Waals surface area contributed by atoms with Gasteiger partial charge in [0.15, 0.2) is 17.5 Å². The molecule has 0 bridgehead atoms. The van der Waals surface area contributed by atoms with Crippen molar-refractivity contribution in [3.8, 4) is 0 Å². The first-order valence-corrected chi connectivity index (χ1v) is 6.82. The van der Waals surface area contributed by atoms with Crippen molar-refractivity contribution in [3.05, 3.63) is 45.4 Å². The van der Waals surface area contributed by atoms with Crippen LogP contribution >= 0.6 is 15.9 Å². The molecular weight excluding hydrogens is 335 g/mol. The topological polar surface area (TPSA) is 29.9 Å². The normalized spacial score (nSPS) is 10.9. The van der Waals surface area contributed by atoms with E-state index in [1.165, 1.54) is 0 Å². The number of halogens is 4. The minimum absolute atomic E-state index is 0.174. The number of anilines is 1. The van der Waals surface area contributed by atoms with Gasteiger partial charge in [-0.05, 0) is 22.4 Å². The van der Waals surface area contributed by atoms with Crippen LogP contribution in [-0.4, -0.2) is 9.78 Å². The van der Waals surface area contributed by atoms with Crippen molar-refractivity contribution in [2.45, 2.75) is 19.9 Å². The Morgan fingerprint density at radius 2 is 1.85 bits per heavy atom. The lowest BCUT2D eigenvalue weighted by atomic mass is 10.2. The van der Waals surface area contributed by atoms with E-state index in [0.29, 0.717) is 6.54 Å². The standard InChI is InChI=1S/C13H13BrF3N3/c1-3-10-12(14)11(20(2)19-10)6-18-7-4-8(15)13(17)9(16)5-7/h4-5,18H,3,6H2,1-2H3. The summed E-state index contributed by atoms with van der Waals surface area (Å²) < 4.78 is 41.6. The van der Waals surface area contributed by atoms with Crippen LogP contribution in [0.3, 0.4) is 0 Å². The van der Waals surface area contributed by atoms with Crippen molar-refractivity contribution in [2.24, 2.45) is 7.05 Å². The van der Waals surface area contributed by atoms with E-state index in [4.69, 9.17) is 0 Å². The van der Waals surface area contributed by atoms with Crippen molar-refractivity contribution in [2.75, 3.05) is 5.32 Å². The van der Waals surface area contributed by atoms with Crippen molar-refractivity contribution in [1.29, 1.82) is 0 Å². The number of hydrogen-bond acceptors (Lipinski definition) is 2. The van der Waals surface area contributed by atoms with Gasteiger partial charge in [-0.1, -0.05) is 6.92 Å². The van der Waals surface area contributed by atoms with Crippen LogP contribution in [0, 0.1) is 17.5 Å². The SMILES string of the molecule is CCc1nn(C)c(CNc2cc(F)c(F)c(F)c2)c1Br. The molecular formula is C13H13BrF3N3. The van der Waals surface area contributed by atoms with Crippen LogP contribution in [0.1, 0.15) is 18.3 Å². The fraction of sp³-hybridized carbons (Fsp3) is 0.308. The van der Waals surface area contributed by atoms with E-state index in [-0.39, 0.29) is 5.69 Å². The molecule has 20 heavy (non-hydrogen) atoms. The van der Waals surface area contributed by atoms with Gasteiger partial charge >= 0.3 is 0 Å². The van der Waals surface area contributed by atoms with Crippen molar-refractivity contribution >= 4 is 21.6 Å². The molecule has 1 aromatic carbocycles. The molecule has 0 aliphatic rings. The molecule has 0 atom stereocenters. The van der Waals surface area contributed by atoms with Gasteiger partial charge in [0.25, 0.3) is 0 Å². The third-order valence-electron chi connectivity index (χ3n) is 2.95. The summed E-state index contributed by atoms with van der Waals surface area (Å²) in [4.78, 5) is 0. The van der Waals surface area contributed by atoms with Crippen LogP contribution in [0.25, 0.3) is 0 Å². The monoisotopic (exact) mass is 347 g/mol. The average Bonchev–Trinajstić information content (AvgIpc) is 2.68. The second-order valence-electron chi connectivity index (χ2n) is 4.29. The highest BCUT2D eigenvalue weighted by molar-refractivity contribution is 9.10. The van der Waals surface area contributed by atoms with Gasteiger partial charge < -0.3 is 5.32 Å². The molecule has 0 spiro atoms. The van der Waals surface area contributed by atoms with Crippen molar-refractivity contribution < 1.29 is 13.2 Å². The Morgan fingerprint density at radius 1 is 1.25 bits per heavy atom. The molecule has 0 aliphatic heterocycles. The van der Waals surface area contributed by atoms with Crippen LogP contribution in [0.2, 0.25) is 0 Å². The van der Waals surface area contributed by atoms with Crippen LogP contribution in [0.15, 0.2) is 16.6 Å². The minimum atomic E-state index is -1.47. The molecule has 0 aliphatic carbocycles. The zero-order chi connectivity index (χ0) is 14.9. The zero-order valence-electron chi connectivity index (χ0n) is 11.0. The highest BCUT2D eigenvalue weighted by Crippen LogP contribution is 2.23. The highest BCUT2D eigenvalue weighted by atomic mass is 79.9. The van der Waals surface area contributed by atoms with E-state index in [0.717, 1.165) is 34.4 Å². The van der Waals surface area contributed by atoms with Gasteiger partial charge in [0.1, 0.15) is 0 Å². The first-order chi connectivity index (χ1) is 9.43. The summed E-state index contributed by atoms with van der Waals surface area (Å²) in [5.74, 6) is -3.90. The van der Waals surface area contributed by atoms with Gasteiger partial charge in [-0.25, -0.2) is 13.2 Å². The summed E-state index contributed by atoms with van der Waals surface area (Å²) in [6.45, 7) is 2.30. The summed E-state index contributed by atoms with van der Waals surface area (Å²) >= 11 is 3.44. The van der Waals surface area contributed by atoms with E-state index in [1.807, 2.05) is 6.92 Å². The molecule has 3 nitrogen and oxygen atoms in total. The van der Waals surface area contributed by atoms with Gasteiger partial charge in [-0.15, -0.1) is 0 Å². The van der Waals surface area contributed by atoms with E-state index < -0.39 is 17.5 Å². The number of rotatable bonds is 4. The third-order valence-corrected chi connectivity index (χ3v) is 3.86. The second-order valence-corrected chi connectivity index (χ2v) is 5.08. The lowest BCUT2D eigenvalue weighted by Gasteiger charge is -2.08. The Labute approximate surface area is 122 Å². The summed E-state index contributed by atoms with van der Waals surface area (Å²) in [6.07, 6.45) is 0.772. The predicted octanol–water partition coefficient (Wildman–Crippen LogP) is 3.77. The fourth-order valence-corrected chi connectivity index (χ4v) is 2.61. The number of nitrogens with one attached hydrogen (secondary N) is 1. The zero-order valence-corrected chi connectivity index (χ0v) is 12.6. The molecule has 0 saturated carbocycles. The van der Waals surface area contributed by atoms with Crippen LogP contribution in [0.4, 0.5) is 18.9 Å². The Kier molecular flexibility index (Phi) is 4.37. The maximum atomic E-state index is 13.1. The minimum Gasteiger partial charge on any atom is -0.379 e. The average molecular weight is 348 g/mol. The van der Waals surface area contributed by atoms with E-state index in [1.54, 1.807) is 11.7 Å². The molecule has 1 aromatic heterocycles. The van der Waals surface area contributed by atoms with Crippen LogP contribution in [0.5, 0.6) is 0 Å². The van der Waals surface area contributed by atoms with Gasteiger partial charge in [-0.2, -0.15) is 5.10 Å². The smallest absolute Gasteiger partial charge is 0.194 e.